The number of likely N-dealkylation sites (tertiary alicyclic amines) is 1. The largest absolute Gasteiger partial charge is 0.342 e. The zero-order valence-electron chi connectivity index (χ0n) is 13.1. The summed E-state index contributed by atoms with van der Waals surface area (Å²) in [5.41, 5.74) is 1.01. The molecule has 2 fully saturated rings. The first-order valence-electron chi connectivity index (χ1n) is 8.17. The smallest absolute Gasteiger partial charge is 0.229 e. The summed E-state index contributed by atoms with van der Waals surface area (Å²) >= 11 is 0. The lowest BCUT2D eigenvalue weighted by Crippen LogP contribution is -2.50. The number of carbonyl (C=O) groups excluding carboxylic acids is 1. The molecule has 3 rings (SSSR count). The second-order valence-corrected chi connectivity index (χ2v) is 6.56. The number of aromatic nitrogens is 2. The monoisotopic (exact) mass is 290 g/mol. The summed E-state index contributed by atoms with van der Waals surface area (Å²) in [4.78, 5) is 14.6. The fraction of sp³-hybridized carbons (Fsp3) is 0.750. The molecule has 5 nitrogen and oxygen atoms in total. The lowest BCUT2D eigenvalue weighted by atomic mass is 9.91. The maximum Gasteiger partial charge on any atom is 0.229 e. The first kappa shape index (κ1) is 14.6. The van der Waals surface area contributed by atoms with Gasteiger partial charge in [-0.1, -0.05) is 6.42 Å². The van der Waals surface area contributed by atoms with Gasteiger partial charge in [-0.15, -0.1) is 0 Å². The van der Waals surface area contributed by atoms with E-state index >= 15 is 0 Å². The number of aryl methyl sites for hydroxylation is 1. The molecule has 1 N–H and O–H groups in total. The molecule has 1 aliphatic carbocycles. The summed E-state index contributed by atoms with van der Waals surface area (Å²) in [6.45, 7) is 3.75. The lowest BCUT2D eigenvalue weighted by molar-refractivity contribution is -0.133. The zero-order valence-corrected chi connectivity index (χ0v) is 13.1. The van der Waals surface area contributed by atoms with Gasteiger partial charge in [0.1, 0.15) is 0 Å². The third-order valence-electron chi connectivity index (χ3n) is 4.98. The molecular weight excluding hydrogens is 264 g/mol. The molecule has 5 heteroatoms. The highest BCUT2D eigenvalue weighted by molar-refractivity contribution is 5.83. The average Bonchev–Trinajstić information content (AvgIpc) is 2.88. The SMILES string of the molecule is CC(C(=O)N1CCC(NC2CCC2)CC1)c1cnn(C)c1. The molecule has 1 aromatic rings. The molecular formula is C16H26N4O. The van der Waals surface area contributed by atoms with Crippen molar-refractivity contribution in [1.29, 1.82) is 0 Å². The predicted molar refractivity (Wildman–Crippen MR) is 82.0 cm³/mol. The Morgan fingerprint density at radius 2 is 1.95 bits per heavy atom. The zero-order chi connectivity index (χ0) is 14.8. The van der Waals surface area contributed by atoms with Crippen LogP contribution in [-0.4, -0.2) is 45.8 Å². The van der Waals surface area contributed by atoms with Gasteiger partial charge in [0.15, 0.2) is 0 Å². The normalized spacial score (nSPS) is 22.1. The summed E-state index contributed by atoms with van der Waals surface area (Å²) in [6.07, 6.45) is 9.94. The van der Waals surface area contributed by atoms with Crippen LogP contribution in [0.4, 0.5) is 0 Å². The van der Waals surface area contributed by atoms with E-state index in [0.717, 1.165) is 37.5 Å². The van der Waals surface area contributed by atoms with Crippen LogP contribution in [0.25, 0.3) is 0 Å². The van der Waals surface area contributed by atoms with Crippen molar-refractivity contribution in [2.24, 2.45) is 7.05 Å². The molecule has 116 valence electrons. The Kier molecular flexibility index (Phi) is 4.29. The summed E-state index contributed by atoms with van der Waals surface area (Å²) in [6, 6.07) is 1.35. The maximum atomic E-state index is 12.6. The fourth-order valence-electron chi connectivity index (χ4n) is 3.25. The van der Waals surface area contributed by atoms with Crippen molar-refractivity contribution < 1.29 is 4.79 Å². The summed E-state index contributed by atoms with van der Waals surface area (Å²) < 4.78 is 1.76. The molecule has 1 amide bonds. The van der Waals surface area contributed by atoms with Gasteiger partial charge in [0.05, 0.1) is 12.1 Å². The van der Waals surface area contributed by atoms with Gasteiger partial charge in [-0.3, -0.25) is 9.48 Å². The number of piperidine rings is 1. The van der Waals surface area contributed by atoms with E-state index in [4.69, 9.17) is 0 Å². The van der Waals surface area contributed by atoms with Gasteiger partial charge in [0, 0.05) is 44.0 Å². The minimum atomic E-state index is -0.0881. The number of nitrogens with one attached hydrogen (secondary N) is 1. The summed E-state index contributed by atoms with van der Waals surface area (Å²) in [7, 11) is 1.89. The predicted octanol–water partition coefficient (Wildman–Crippen LogP) is 1.66. The van der Waals surface area contributed by atoms with Crippen LogP contribution in [0.1, 0.15) is 50.5 Å². The Balaban J connectivity index is 1.50. The second-order valence-electron chi connectivity index (χ2n) is 6.56. The van der Waals surface area contributed by atoms with E-state index in [2.05, 4.69) is 10.4 Å². The molecule has 1 saturated carbocycles. The third-order valence-corrected chi connectivity index (χ3v) is 4.98. The van der Waals surface area contributed by atoms with Crippen molar-refractivity contribution in [2.45, 2.75) is 57.0 Å². The van der Waals surface area contributed by atoms with E-state index in [1.54, 1.807) is 10.9 Å². The topological polar surface area (TPSA) is 50.2 Å². The Bertz CT molecular complexity index is 486. The summed E-state index contributed by atoms with van der Waals surface area (Å²) in [5, 5.41) is 7.89. The number of amides is 1. The van der Waals surface area contributed by atoms with Gasteiger partial charge in [-0.05, 0) is 32.6 Å². The van der Waals surface area contributed by atoms with E-state index in [9.17, 15) is 4.79 Å². The average molecular weight is 290 g/mol. The highest BCUT2D eigenvalue weighted by atomic mass is 16.2. The van der Waals surface area contributed by atoms with E-state index in [-0.39, 0.29) is 11.8 Å². The van der Waals surface area contributed by atoms with Gasteiger partial charge in [-0.2, -0.15) is 5.10 Å². The van der Waals surface area contributed by atoms with Crippen LogP contribution in [0.3, 0.4) is 0 Å². The first-order chi connectivity index (χ1) is 10.1. The number of rotatable bonds is 4. The van der Waals surface area contributed by atoms with Crippen molar-refractivity contribution in [3.8, 4) is 0 Å². The van der Waals surface area contributed by atoms with Crippen LogP contribution < -0.4 is 5.32 Å². The maximum absolute atomic E-state index is 12.6. The molecule has 1 aromatic heterocycles. The number of nitrogens with zero attached hydrogens (tertiary/aromatic N) is 3. The lowest BCUT2D eigenvalue weighted by Gasteiger charge is -2.37. The molecule has 0 aromatic carbocycles. The number of hydrogen-bond acceptors (Lipinski definition) is 3. The minimum Gasteiger partial charge on any atom is -0.342 e. The van der Waals surface area contributed by atoms with E-state index in [0.29, 0.717) is 6.04 Å². The minimum absolute atomic E-state index is 0.0881. The van der Waals surface area contributed by atoms with E-state index < -0.39 is 0 Å². The standard InChI is InChI=1S/C16H26N4O/c1-12(13-10-17-19(2)11-13)16(21)20-8-6-15(7-9-20)18-14-4-3-5-14/h10-12,14-15,18H,3-9H2,1-2H3. The van der Waals surface area contributed by atoms with Gasteiger partial charge < -0.3 is 10.2 Å². The van der Waals surface area contributed by atoms with Crippen LogP contribution in [0.2, 0.25) is 0 Å². The Morgan fingerprint density at radius 1 is 1.29 bits per heavy atom. The molecule has 0 bridgehead atoms. The first-order valence-corrected chi connectivity index (χ1v) is 8.17. The number of carbonyl (C=O) groups is 1. The van der Waals surface area contributed by atoms with Crippen LogP contribution in [0, 0.1) is 0 Å². The quantitative estimate of drug-likeness (QED) is 0.917. The Hall–Kier alpha value is -1.36. The highest BCUT2D eigenvalue weighted by Crippen LogP contribution is 2.23. The Morgan fingerprint density at radius 3 is 2.48 bits per heavy atom. The van der Waals surface area contributed by atoms with Gasteiger partial charge in [-0.25, -0.2) is 0 Å². The van der Waals surface area contributed by atoms with Gasteiger partial charge in [0.25, 0.3) is 0 Å². The molecule has 1 unspecified atom stereocenters. The van der Waals surface area contributed by atoms with Crippen molar-refractivity contribution in [3.63, 3.8) is 0 Å². The third kappa shape index (κ3) is 3.28. The van der Waals surface area contributed by atoms with E-state index in [1.165, 1.54) is 19.3 Å². The van der Waals surface area contributed by atoms with Crippen LogP contribution in [0.5, 0.6) is 0 Å². The molecule has 1 atom stereocenters. The molecule has 0 radical (unpaired) electrons. The molecule has 2 aliphatic rings. The van der Waals surface area contributed by atoms with Gasteiger partial charge in [0.2, 0.25) is 5.91 Å². The molecule has 0 spiro atoms. The molecule has 21 heavy (non-hydrogen) atoms. The van der Waals surface area contributed by atoms with E-state index in [1.807, 2.05) is 25.1 Å². The Labute approximate surface area is 126 Å². The van der Waals surface area contributed by atoms with Crippen molar-refractivity contribution >= 4 is 5.91 Å². The van der Waals surface area contributed by atoms with Crippen molar-refractivity contribution in [3.05, 3.63) is 18.0 Å². The number of hydrogen-bond donors (Lipinski definition) is 1. The van der Waals surface area contributed by atoms with Crippen molar-refractivity contribution in [2.75, 3.05) is 13.1 Å². The highest BCUT2D eigenvalue weighted by Gasteiger charge is 2.29. The molecule has 1 saturated heterocycles. The van der Waals surface area contributed by atoms with Crippen LogP contribution >= 0.6 is 0 Å². The van der Waals surface area contributed by atoms with Crippen LogP contribution in [0.15, 0.2) is 12.4 Å². The van der Waals surface area contributed by atoms with Crippen molar-refractivity contribution in [1.82, 2.24) is 20.0 Å². The molecule has 1 aliphatic heterocycles. The second kappa shape index (κ2) is 6.18. The fourth-order valence-corrected chi connectivity index (χ4v) is 3.25. The summed E-state index contributed by atoms with van der Waals surface area (Å²) in [5.74, 6) is 0.153. The van der Waals surface area contributed by atoms with Gasteiger partial charge >= 0.3 is 0 Å². The van der Waals surface area contributed by atoms with Crippen LogP contribution in [-0.2, 0) is 11.8 Å². The molecule has 2 heterocycles.